The van der Waals surface area contributed by atoms with E-state index in [2.05, 4.69) is 289 Å². The average molecular weight is 867 g/mol. The van der Waals surface area contributed by atoms with Crippen LogP contribution >= 0.6 is 0 Å². The molecule has 1 aromatic heterocycles. The fourth-order valence-electron chi connectivity index (χ4n) is 9.78. The summed E-state index contributed by atoms with van der Waals surface area (Å²) in [4.78, 5) is 2.43. The first-order valence-electron chi connectivity index (χ1n) is 23.3. The Kier molecular flexibility index (Phi) is 10.6. The fourth-order valence-corrected chi connectivity index (χ4v) is 9.78. The minimum Gasteiger partial charge on any atom is -0.310 e. The van der Waals surface area contributed by atoms with Crippen LogP contribution in [0.3, 0.4) is 0 Å². The molecule has 0 amide bonds. The van der Waals surface area contributed by atoms with Crippen molar-refractivity contribution >= 4 is 38.9 Å². The van der Waals surface area contributed by atoms with Crippen LogP contribution in [0.4, 0.5) is 17.1 Å². The Morgan fingerprint density at radius 3 is 0.985 bits per heavy atom. The van der Waals surface area contributed by atoms with Crippen molar-refractivity contribution in [1.82, 2.24) is 4.57 Å². The predicted molar refractivity (Wildman–Crippen MR) is 288 cm³/mol. The summed E-state index contributed by atoms with van der Waals surface area (Å²) in [6.45, 7) is 0. The largest absolute Gasteiger partial charge is 0.310 e. The van der Waals surface area contributed by atoms with E-state index < -0.39 is 0 Å². The number of aromatic nitrogens is 1. The minimum absolute atomic E-state index is 1.07. The van der Waals surface area contributed by atoms with Gasteiger partial charge in [-0.05, 0) is 140 Å². The van der Waals surface area contributed by atoms with Gasteiger partial charge in [0.05, 0.1) is 11.0 Å². The number of hydrogen-bond donors (Lipinski definition) is 0. The second kappa shape index (κ2) is 17.8. The van der Waals surface area contributed by atoms with Gasteiger partial charge in [0.15, 0.2) is 0 Å². The molecule has 0 saturated carbocycles. The Hall–Kier alpha value is -8.98. The van der Waals surface area contributed by atoms with Gasteiger partial charge in [-0.15, -0.1) is 0 Å². The molecule has 0 saturated heterocycles. The fraction of sp³-hybridized carbons (Fsp3) is 0. The first kappa shape index (κ1) is 40.5. The van der Waals surface area contributed by atoms with E-state index in [1.165, 1.54) is 55.2 Å². The highest BCUT2D eigenvalue weighted by Crippen LogP contribution is 2.43. The molecule has 0 N–H and O–H groups in total. The number of nitrogens with zero attached hydrogens (tertiary/aromatic N) is 2. The molecular weight excluding hydrogens is 821 g/mol. The summed E-state index contributed by atoms with van der Waals surface area (Å²) in [6, 6.07) is 101. The lowest BCUT2D eigenvalue weighted by Gasteiger charge is -2.28. The maximum atomic E-state index is 2.43. The van der Waals surface area contributed by atoms with Crippen LogP contribution in [-0.2, 0) is 0 Å². The van der Waals surface area contributed by atoms with Gasteiger partial charge in [0.1, 0.15) is 0 Å². The van der Waals surface area contributed by atoms with E-state index in [9.17, 15) is 0 Å². The normalized spacial score (nSPS) is 11.2. The lowest BCUT2D eigenvalue weighted by atomic mass is 9.95. The zero-order chi connectivity index (χ0) is 45.2. The summed E-state index contributed by atoms with van der Waals surface area (Å²) in [7, 11) is 0. The third-order valence-electron chi connectivity index (χ3n) is 13.1. The Bertz CT molecular complexity index is 3430. The molecule has 0 aliphatic carbocycles. The standard InChI is InChI=1S/C66H46N2/c1-6-18-47(19-7-1)54-34-39-64-63-28-16-17-29-65(63)68(66(64)46-54)60-37-32-53(33-38-60)52-30-35-59(36-31-52)67(61-42-55(48-20-8-2-9-21-48)40-56(43-61)49-22-10-3-11-23-49)62-44-57(50-24-12-4-13-25-50)41-58(45-62)51-26-14-5-15-27-51/h1-46H. The van der Waals surface area contributed by atoms with Gasteiger partial charge < -0.3 is 9.47 Å². The molecule has 0 aliphatic heterocycles. The zero-order valence-corrected chi connectivity index (χ0v) is 37.5. The van der Waals surface area contributed by atoms with Crippen molar-refractivity contribution in [3.05, 3.63) is 279 Å². The molecule has 12 aromatic rings. The second-order valence-corrected chi connectivity index (χ2v) is 17.4. The minimum atomic E-state index is 1.07. The lowest BCUT2D eigenvalue weighted by Crippen LogP contribution is -2.11. The third kappa shape index (κ3) is 7.85. The van der Waals surface area contributed by atoms with Gasteiger partial charge in [-0.25, -0.2) is 0 Å². The number of anilines is 3. The summed E-state index contributed by atoms with van der Waals surface area (Å²) in [6.07, 6.45) is 0. The predicted octanol–water partition coefficient (Wildman–Crippen LogP) is 18.3. The van der Waals surface area contributed by atoms with Crippen molar-refractivity contribution in [1.29, 1.82) is 0 Å². The Morgan fingerprint density at radius 2 is 0.544 bits per heavy atom. The van der Waals surface area contributed by atoms with Gasteiger partial charge in [-0.2, -0.15) is 0 Å². The van der Waals surface area contributed by atoms with Gasteiger partial charge in [0, 0.05) is 33.5 Å². The molecule has 68 heavy (non-hydrogen) atoms. The monoisotopic (exact) mass is 866 g/mol. The van der Waals surface area contributed by atoms with Crippen LogP contribution in [0.1, 0.15) is 0 Å². The van der Waals surface area contributed by atoms with Crippen molar-refractivity contribution in [2.45, 2.75) is 0 Å². The molecular formula is C66H46N2. The lowest BCUT2D eigenvalue weighted by molar-refractivity contribution is 1.18. The van der Waals surface area contributed by atoms with E-state index in [1.54, 1.807) is 0 Å². The van der Waals surface area contributed by atoms with E-state index in [-0.39, 0.29) is 0 Å². The molecule has 2 heteroatoms. The number of rotatable bonds is 10. The molecule has 0 aliphatic rings. The van der Waals surface area contributed by atoms with Crippen LogP contribution in [0.2, 0.25) is 0 Å². The Labute approximate surface area is 397 Å². The van der Waals surface area contributed by atoms with Gasteiger partial charge in [-0.3, -0.25) is 0 Å². The van der Waals surface area contributed by atoms with Crippen LogP contribution in [0.15, 0.2) is 279 Å². The molecule has 0 bridgehead atoms. The van der Waals surface area contributed by atoms with Gasteiger partial charge in [0.25, 0.3) is 0 Å². The molecule has 0 unspecified atom stereocenters. The number of para-hydroxylation sites is 1. The molecule has 0 radical (unpaired) electrons. The Balaban J connectivity index is 0.986. The number of fused-ring (bicyclic) bond motifs is 3. The smallest absolute Gasteiger partial charge is 0.0547 e. The number of hydrogen-bond acceptors (Lipinski definition) is 1. The van der Waals surface area contributed by atoms with E-state index in [4.69, 9.17) is 0 Å². The van der Waals surface area contributed by atoms with Crippen molar-refractivity contribution in [3.63, 3.8) is 0 Å². The van der Waals surface area contributed by atoms with E-state index in [0.29, 0.717) is 0 Å². The summed E-state index contributed by atoms with van der Waals surface area (Å²) >= 11 is 0. The zero-order valence-electron chi connectivity index (χ0n) is 37.5. The molecule has 11 aromatic carbocycles. The highest BCUT2D eigenvalue weighted by atomic mass is 15.1. The summed E-state index contributed by atoms with van der Waals surface area (Å²) < 4.78 is 2.41. The molecule has 0 spiro atoms. The van der Waals surface area contributed by atoms with Crippen LogP contribution in [0.25, 0.3) is 94.3 Å². The topological polar surface area (TPSA) is 8.17 Å². The quantitative estimate of drug-likeness (QED) is 0.133. The van der Waals surface area contributed by atoms with Crippen LogP contribution in [-0.4, -0.2) is 4.57 Å². The molecule has 0 atom stereocenters. The number of benzene rings is 11. The maximum Gasteiger partial charge on any atom is 0.0547 e. The van der Waals surface area contributed by atoms with Gasteiger partial charge >= 0.3 is 0 Å². The molecule has 2 nitrogen and oxygen atoms in total. The van der Waals surface area contributed by atoms with Gasteiger partial charge in [-0.1, -0.05) is 206 Å². The molecule has 0 fully saturated rings. The van der Waals surface area contributed by atoms with Crippen LogP contribution in [0.5, 0.6) is 0 Å². The van der Waals surface area contributed by atoms with Crippen molar-refractivity contribution in [2.75, 3.05) is 4.90 Å². The summed E-state index contributed by atoms with van der Waals surface area (Å²) in [5.74, 6) is 0. The van der Waals surface area contributed by atoms with Crippen molar-refractivity contribution in [3.8, 4) is 72.4 Å². The summed E-state index contributed by atoms with van der Waals surface area (Å²) in [5.41, 5.74) is 20.8. The first-order chi connectivity index (χ1) is 33.7. The third-order valence-corrected chi connectivity index (χ3v) is 13.1. The van der Waals surface area contributed by atoms with Crippen LogP contribution < -0.4 is 4.90 Å². The highest BCUT2D eigenvalue weighted by molar-refractivity contribution is 6.10. The van der Waals surface area contributed by atoms with E-state index in [1.807, 2.05) is 0 Å². The summed E-state index contributed by atoms with van der Waals surface area (Å²) in [5, 5.41) is 2.50. The molecule has 1 heterocycles. The molecule has 12 rings (SSSR count). The highest BCUT2D eigenvalue weighted by Gasteiger charge is 2.19. The first-order valence-corrected chi connectivity index (χ1v) is 23.3. The second-order valence-electron chi connectivity index (χ2n) is 17.4. The van der Waals surface area contributed by atoms with Crippen molar-refractivity contribution in [2.24, 2.45) is 0 Å². The van der Waals surface area contributed by atoms with Gasteiger partial charge in [0.2, 0.25) is 0 Å². The Morgan fingerprint density at radius 1 is 0.206 bits per heavy atom. The molecule has 320 valence electrons. The van der Waals surface area contributed by atoms with Crippen molar-refractivity contribution < 1.29 is 0 Å². The van der Waals surface area contributed by atoms with Crippen LogP contribution in [0, 0.1) is 0 Å². The SMILES string of the molecule is c1ccc(-c2cc(-c3ccccc3)cc(N(c3ccc(-c4ccc(-n5c6ccccc6c6ccc(-c7ccccc7)cc65)cc4)cc3)c3cc(-c4ccccc4)cc(-c4ccccc4)c3)c2)cc1. The van der Waals surface area contributed by atoms with E-state index in [0.717, 1.165) is 56.1 Å². The average Bonchev–Trinajstić information content (AvgIpc) is 3.76. The van der Waals surface area contributed by atoms with E-state index >= 15 is 0 Å². The maximum absolute atomic E-state index is 2.43.